The van der Waals surface area contributed by atoms with Gasteiger partial charge in [0.1, 0.15) is 18.2 Å². The number of aromatic amines is 1. The third kappa shape index (κ3) is 5.38. The Kier molecular flexibility index (Phi) is 5.85. The molecule has 0 bridgehead atoms. The van der Waals surface area contributed by atoms with E-state index in [0.29, 0.717) is 6.42 Å². The number of carbonyl (C=O) groups excluding carboxylic acids is 2. The fourth-order valence-corrected chi connectivity index (χ4v) is 2.41. The fourth-order valence-electron chi connectivity index (χ4n) is 2.41. The minimum absolute atomic E-state index is 0.0826. The Morgan fingerprint density at radius 2 is 2.04 bits per heavy atom. The zero-order chi connectivity index (χ0) is 18.4. The molecule has 134 valence electrons. The lowest BCUT2D eigenvalue weighted by molar-refractivity contribution is -0.144. The van der Waals surface area contributed by atoms with E-state index < -0.39 is 23.7 Å². The SMILES string of the molecule is C=CCOC(=O)[C@@H](Cc1c[nH]c2ccccc12)NC(=O)OC(C)(C)C. The Hall–Kier alpha value is -2.76. The molecule has 1 heterocycles. The van der Waals surface area contributed by atoms with Crippen molar-refractivity contribution in [3.05, 3.63) is 48.7 Å². The van der Waals surface area contributed by atoms with Crippen molar-refractivity contribution in [1.29, 1.82) is 0 Å². The highest BCUT2D eigenvalue weighted by Gasteiger charge is 2.26. The zero-order valence-electron chi connectivity index (χ0n) is 14.8. The summed E-state index contributed by atoms with van der Waals surface area (Å²) in [6, 6.07) is 6.91. The minimum atomic E-state index is -0.853. The van der Waals surface area contributed by atoms with Gasteiger partial charge in [-0.2, -0.15) is 0 Å². The number of carbonyl (C=O) groups is 2. The van der Waals surface area contributed by atoms with Crippen molar-refractivity contribution < 1.29 is 19.1 Å². The second-order valence-electron chi connectivity index (χ2n) is 6.68. The number of nitrogens with one attached hydrogen (secondary N) is 2. The maximum atomic E-state index is 12.3. The second kappa shape index (κ2) is 7.88. The van der Waals surface area contributed by atoms with Gasteiger partial charge in [-0.15, -0.1) is 0 Å². The molecule has 0 spiro atoms. The molecule has 6 nitrogen and oxygen atoms in total. The number of alkyl carbamates (subject to hydrolysis) is 1. The zero-order valence-corrected chi connectivity index (χ0v) is 14.8. The molecule has 1 aromatic carbocycles. The molecule has 0 aliphatic heterocycles. The summed E-state index contributed by atoms with van der Waals surface area (Å²) in [5, 5.41) is 3.60. The Bertz CT molecular complexity index is 758. The number of hydrogen-bond acceptors (Lipinski definition) is 4. The molecule has 0 aliphatic carbocycles. The number of benzene rings is 1. The molecule has 0 saturated heterocycles. The standard InChI is InChI=1S/C19H24N2O4/c1-5-10-24-17(22)16(21-18(23)25-19(2,3)4)11-13-12-20-15-9-7-6-8-14(13)15/h5-9,12,16,20H,1,10-11H2,2-4H3,(H,21,23)/t16-/m1/s1. The maximum Gasteiger partial charge on any atom is 0.408 e. The molecule has 1 amide bonds. The van der Waals surface area contributed by atoms with Crippen LogP contribution in [0.25, 0.3) is 10.9 Å². The molecule has 6 heteroatoms. The summed E-state index contributed by atoms with van der Waals surface area (Å²) in [7, 11) is 0. The Morgan fingerprint density at radius 1 is 1.32 bits per heavy atom. The molecule has 2 rings (SSSR count). The topological polar surface area (TPSA) is 80.4 Å². The smallest absolute Gasteiger partial charge is 0.408 e. The molecule has 2 N–H and O–H groups in total. The highest BCUT2D eigenvalue weighted by molar-refractivity contribution is 5.86. The van der Waals surface area contributed by atoms with Gasteiger partial charge in [-0.25, -0.2) is 9.59 Å². The first-order valence-electron chi connectivity index (χ1n) is 8.12. The normalized spacial score (nSPS) is 12.4. The summed E-state index contributed by atoms with van der Waals surface area (Å²) in [5.74, 6) is -0.531. The molecule has 0 unspecified atom stereocenters. The summed E-state index contributed by atoms with van der Waals surface area (Å²) in [6.45, 7) is 8.89. The van der Waals surface area contributed by atoms with Gasteiger partial charge in [-0.1, -0.05) is 30.9 Å². The van der Waals surface area contributed by atoms with Crippen LogP contribution in [0, 0.1) is 0 Å². The molecule has 2 aromatic rings. The maximum absolute atomic E-state index is 12.3. The lowest BCUT2D eigenvalue weighted by Crippen LogP contribution is -2.45. The van der Waals surface area contributed by atoms with Gasteiger partial charge in [0.05, 0.1) is 0 Å². The van der Waals surface area contributed by atoms with Gasteiger partial charge in [0.25, 0.3) is 0 Å². The van der Waals surface area contributed by atoms with Crippen molar-refractivity contribution in [1.82, 2.24) is 10.3 Å². The van der Waals surface area contributed by atoms with Crippen molar-refractivity contribution in [2.24, 2.45) is 0 Å². The van der Waals surface area contributed by atoms with Crippen molar-refractivity contribution >= 4 is 23.0 Å². The van der Waals surface area contributed by atoms with E-state index in [1.807, 2.05) is 30.5 Å². The van der Waals surface area contributed by atoms with Crippen molar-refractivity contribution in [3.63, 3.8) is 0 Å². The van der Waals surface area contributed by atoms with E-state index >= 15 is 0 Å². The average molecular weight is 344 g/mol. The van der Waals surface area contributed by atoms with Crippen LogP contribution in [0.15, 0.2) is 43.1 Å². The van der Waals surface area contributed by atoms with Gasteiger partial charge in [-0.3, -0.25) is 0 Å². The van der Waals surface area contributed by atoms with Crippen LogP contribution >= 0.6 is 0 Å². The number of amides is 1. The van der Waals surface area contributed by atoms with E-state index in [2.05, 4.69) is 16.9 Å². The first-order valence-corrected chi connectivity index (χ1v) is 8.12. The summed E-state index contributed by atoms with van der Waals surface area (Å²) in [4.78, 5) is 27.5. The van der Waals surface area contributed by atoms with Crippen LogP contribution in [0.4, 0.5) is 4.79 Å². The lowest BCUT2D eigenvalue weighted by Gasteiger charge is -2.22. The Labute approximate surface area is 147 Å². The Morgan fingerprint density at radius 3 is 2.72 bits per heavy atom. The average Bonchev–Trinajstić information content (AvgIpc) is 2.93. The van der Waals surface area contributed by atoms with Crippen LogP contribution in [-0.4, -0.2) is 35.3 Å². The minimum Gasteiger partial charge on any atom is -0.460 e. The van der Waals surface area contributed by atoms with Gasteiger partial charge < -0.3 is 19.8 Å². The molecule has 0 fully saturated rings. The highest BCUT2D eigenvalue weighted by atomic mass is 16.6. The molecule has 0 aliphatic rings. The van der Waals surface area contributed by atoms with Gasteiger partial charge in [0.15, 0.2) is 0 Å². The molecular formula is C19H24N2O4. The number of ether oxygens (including phenoxy) is 2. The third-order valence-corrected chi connectivity index (χ3v) is 3.42. The van der Waals surface area contributed by atoms with Crippen molar-refractivity contribution in [2.75, 3.05) is 6.61 Å². The largest absolute Gasteiger partial charge is 0.460 e. The monoisotopic (exact) mass is 344 g/mol. The van der Waals surface area contributed by atoms with Gasteiger partial charge in [0.2, 0.25) is 0 Å². The first kappa shape index (κ1) is 18.6. The fraction of sp³-hybridized carbons (Fsp3) is 0.368. The van der Waals surface area contributed by atoms with Crippen LogP contribution in [-0.2, 0) is 20.7 Å². The molecule has 0 radical (unpaired) electrons. The van der Waals surface area contributed by atoms with E-state index in [9.17, 15) is 9.59 Å². The molecule has 1 aromatic heterocycles. The number of rotatable bonds is 6. The predicted molar refractivity (Wildman–Crippen MR) is 96.3 cm³/mol. The Balaban J connectivity index is 2.17. The van der Waals surface area contributed by atoms with Gasteiger partial charge in [0, 0.05) is 23.5 Å². The van der Waals surface area contributed by atoms with E-state index in [1.54, 1.807) is 20.8 Å². The number of fused-ring (bicyclic) bond motifs is 1. The number of para-hydroxylation sites is 1. The van der Waals surface area contributed by atoms with E-state index in [1.165, 1.54) is 6.08 Å². The van der Waals surface area contributed by atoms with Crippen LogP contribution in [0.3, 0.4) is 0 Å². The predicted octanol–water partition coefficient (Wildman–Crippen LogP) is 3.33. The van der Waals surface area contributed by atoms with Gasteiger partial charge >= 0.3 is 12.1 Å². The van der Waals surface area contributed by atoms with Crippen molar-refractivity contribution in [2.45, 2.75) is 38.8 Å². The number of aromatic nitrogens is 1. The summed E-state index contributed by atoms with van der Waals surface area (Å²) in [5.41, 5.74) is 1.22. The summed E-state index contributed by atoms with van der Waals surface area (Å²) in [6.07, 6.45) is 2.94. The van der Waals surface area contributed by atoms with E-state index in [4.69, 9.17) is 9.47 Å². The quantitative estimate of drug-likeness (QED) is 0.622. The molecular weight excluding hydrogens is 320 g/mol. The van der Waals surface area contributed by atoms with Crippen LogP contribution in [0.1, 0.15) is 26.3 Å². The molecule has 1 atom stereocenters. The van der Waals surface area contributed by atoms with Crippen LogP contribution in [0.5, 0.6) is 0 Å². The number of esters is 1. The lowest BCUT2D eigenvalue weighted by atomic mass is 10.1. The van der Waals surface area contributed by atoms with E-state index in [0.717, 1.165) is 16.5 Å². The van der Waals surface area contributed by atoms with E-state index in [-0.39, 0.29) is 6.61 Å². The number of H-pyrrole nitrogens is 1. The van der Waals surface area contributed by atoms with Crippen molar-refractivity contribution in [3.8, 4) is 0 Å². The van der Waals surface area contributed by atoms with Gasteiger partial charge in [-0.05, 0) is 32.4 Å². The summed E-state index contributed by atoms with van der Waals surface area (Å²) < 4.78 is 10.4. The first-order chi connectivity index (χ1) is 11.8. The summed E-state index contributed by atoms with van der Waals surface area (Å²) >= 11 is 0. The molecule has 25 heavy (non-hydrogen) atoms. The number of hydrogen-bond donors (Lipinski definition) is 2. The van der Waals surface area contributed by atoms with Crippen LogP contribution in [0.2, 0.25) is 0 Å². The van der Waals surface area contributed by atoms with Crippen LogP contribution < -0.4 is 5.32 Å². The third-order valence-electron chi connectivity index (χ3n) is 3.42. The molecule has 0 saturated carbocycles. The highest BCUT2D eigenvalue weighted by Crippen LogP contribution is 2.19. The second-order valence-corrected chi connectivity index (χ2v) is 6.68.